The first-order valence-corrected chi connectivity index (χ1v) is 23.1. The molecule has 5 aliphatic rings. The lowest BCUT2D eigenvalue weighted by Gasteiger charge is -2.36. The Labute approximate surface area is 382 Å². The lowest BCUT2D eigenvalue weighted by Crippen LogP contribution is -2.54. The first-order valence-electron chi connectivity index (χ1n) is 23.1. The van der Waals surface area contributed by atoms with Crippen LogP contribution in [0.1, 0.15) is 107 Å². The molecule has 0 spiro atoms. The number of primary amides is 1. The molecule has 5 atom stereocenters. The van der Waals surface area contributed by atoms with Gasteiger partial charge in [-0.3, -0.25) is 43.9 Å². The molecule has 5 heterocycles. The number of hydrogen-bond acceptors (Lipinski definition) is 12. The Hall–Kier alpha value is -5.96. The second kappa shape index (κ2) is 20.7. The summed E-state index contributed by atoms with van der Waals surface area (Å²) in [4.78, 5) is 83.2. The number of carbonyl (C=O) groups excluding carboxylic acids is 6. The highest BCUT2D eigenvalue weighted by Gasteiger charge is 2.45. The Morgan fingerprint density at radius 3 is 2.59 bits per heavy atom. The van der Waals surface area contributed by atoms with Crippen LogP contribution in [0.3, 0.4) is 0 Å². The fourth-order valence-corrected chi connectivity index (χ4v) is 10.0. The van der Waals surface area contributed by atoms with Gasteiger partial charge in [0.2, 0.25) is 17.7 Å². The van der Waals surface area contributed by atoms with Crippen molar-refractivity contribution in [3.05, 3.63) is 64.3 Å². The van der Waals surface area contributed by atoms with Gasteiger partial charge in [0, 0.05) is 61.5 Å². The lowest BCUT2D eigenvalue weighted by molar-refractivity contribution is -0.136. The van der Waals surface area contributed by atoms with Gasteiger partial charge in [0.1, 0.15) is 18.4 Å². The average molecular weight is 909 g/mol. The van der Waals surface area contributed by atoms with Crippen LogP contribution in [0.4, 0.5) is 4.39 Å². The van der Waals surface area contributed by atoms with Gasteiger partial charge in [-0.05, 0) is 87.5 Å². The molecule has 0 radical (unpaired) electrons. The van der Waals surface area contributed by atoms with E-state index in [0.29, 0.717) is 66.0 Å². The first-order chi connectivity index (χ1) is 31.9. The van der Waals surface area contributed by atoms with Gasteiger partial charge in [-0.1, -0.05) is 30.9 Å². The molecule has 2 aromatic carbocycles. The second-order valence-corrected chi connectivity index (χ2v) is 17.9. The molecule has 0 bridgehead atoms. The molecule has 1 unspecified atom stereocenters. The topological polar surface area (TPSA) is 209 Å². The normalized spacial score (nSPS) is 25.6. The van der Waals surface area contributed by atoms with E-state index >= 15 is 0 Å². The minimum atomic E-state index is -1.59. The van der Waals surface area contributed by atoms with Crippen molar-refractivity contribution in [3.63, 3.8) is 0 Å². The van der Waals surface area contributed by atoms with Crippen molar-refractivity contribution in [1.29, 1.82) is 0 Å². The van der Waals surface area contributed by atoms with Crippen LogP contribution in [-0.4, -0.2) is 128 Å². The van der Waals surface area contributed by atoms with E-state index in [2.05, 4.69) is 32.4 Å². The van der Waals surface area contributed by atoms with Gasteiger partial charge in [0.15, 0.2) is 6.17 Å². The number of morpholine rings is 1. The summed E-state index contributed by atoms with van der Waals surface area (Å²) in [5.41, 5.74) is 7.92. The zero-order valence-electron chi connectivity index (χ0n) is 37.4. The summed E-state index contributed by atoms with van der Waals surface area (Å²) < 4.78 is 38.1. The number of carbonyl (C=O) groups is 6. The highest BCUT2D eigenvalue weighted by Crippen LogP contribution is 2.35. The number of nitrogens with one attached hydrogen (secondary N) is 2. The first kappa shape index (κ1) is 46.6. The van der Waals surface area contributed by atoms with Crippen LogP contribution in [0.5, 0.6) is 11.6 Å². The highest BCUT2D eigenvalue weighted by atomic mass is 19.1. The summed E-state index contributed by atoms with van der Waals surface area (Å²) in [5.74, 6) is 4.21. The number of imide groups is 2. The van der Waals surface area contributed by atoms with Crippen LogP contribution < -0.4 is 25.8 Å². The van der Waals surface area contributed by atoms with E-state index < -0.39 is 59.6 Å². The predicted octanol–water partition coefficient (Wildman–Crippen LogP) is 3.88. The average Bonchev–Trinajstić information content (AvgIpc) is 3.74. The van der Waals surface area contributed by atoms with Gasteiger partial charge in [0.25, 0.3) is 23.6 Å². The SMILES string of the molecule is CC[C@@H]1[C@H](F)C(=O)N[C@@H]1COc1ncc(C#CC2CCC(CN3CCO[C@@H](COCCCCc4cccc5c4C(=O)N(C4CCC(=O)NC4=O)C5=O)C3)CC2)c2cc(C(N)=O)c(OC)cc12. The third-order valence-corrected chi connectivity index (χ3v) is 13.6. The van der Waals surface area contributed by atoms with Crippen molar-refractivity contribution < 1.29 is 52.1 Å². The van der Waals surface area contributed by atoms with E-state index in [1.54, 1.807) is 30.5 Å². The number of amides is 6. The number of rotatable bonds is 16. The molecule has 4 N–H and O–H groups in total. The monoisotopic (exact) mass is 908 g/mol. The maximum atomic E-state index is 14.5. The Balaban J connectivity index is 0.789. The quantitative estimate of drug-likeness (QED) is 0.106. The Kier molecular flexibility index (Phi) is 14.6. The van der Waals surface area contributed by atoms with Crippen LogP contribution in [0.15, 0.2) is 36.5 Å². The number of unbranched alkanes of at least 4 members (excludes halogenated alkanes) is 1. The molecular formula is C49H57FN6O10. The molecule has 16 nitrogen and oxygen atoms in total. The molecule has 66 heavy (non-hydrogen) atoms. The number of ether oxygens (including phenoxy) is 4. The molecule has 4 aliphatic heterocycles. The number of piperidine rings is 1. The lowest BCUT2D eigenvalue weighted by atomic mass is 9.82. The fourth-order valence-electron chi connectivity index (χ4n) is 10.0. The van der Waals surface area contributed by atoms with E-state index in [4.69, 9.17) is 24.7 Å². The summed E-state index contributed by atoms with van der Waals surface area (Å²) in [5, 5.41) is 6.10. The molecule has 1 aromatic heterocycles. The summed E-state index contributed by atoms with van der Waals surface area (Å²) in [7, 11) is 1.44. The zero-order chi connectivity index (χ0) is 46.5. The van der Waals surface area contributed by atoms with E-state index in [1.807, 2.05) is 13.0 Å². The van der Waals surface area contributed by atoms with Crippen LogP contribution in [0.25, 0.3) is 10.8 Å². The van der Waals surface area contributed by atoms with Crippen LogP contribution in [-0.2, 0) is 30.3 Å². The number of nitrogens with zero attached hydrogens (tertiary/aromatic N) is 3. The number of aryl methyl sites for hydroxylation is 1. The second-order valence-electron chi connectivity index (χ2n) is 17.9. The van der Waals surface area contributed by atoms with Gasteiger partial charge in [0.05, 0.1) is 54.7 Å². The van der Waals surface area contributed by atoms with E-state index in [-0.39, 0.29) is 48.7 Å². The van der Waals surface area contributed by atoms with Gasteiger partial charge in [-0.25, -0.2) is 9.37 Å². The number of benzene rings is 2. The fraction of sp³-hybridized carbons (Fsp3) is 0.531. The van der Waals surface area contributed by atoms with Crippen LogP contribution in [0, 0.1) is 29.6 Å². The van der Waals surface area contributed by atoms with Crippen molar-refractivity contribution in [1.82, 2.24) is 25.4 Å². The summed E-state index contributed by atoms with van der Waals surface area (Å²) in [6, 6.07) is 7.00. The molecule has 6 amide bonds. The minimum absolute atomic E-state index is 0.0215. The molecule has 3 saturated heterocycles. The number of fused-ring (bicyclic) bond motifs is 2. The maximum Gasteiger partial charge on any atom is 0.262 e. The van der Waals surface area contributed by atoms with Crippen LogP contribution in [0.2, 0.25) is 0 Å². The van der Waals surface area contributed by atoms with Gasteiger partial charge in [-0.2, -0.15) is 0 Å². The van der Waals surface area contributed by atoms with Crippen molar-refractivity contribution in [2.24, 2.45) is 23.5 Å². The number of alkyl halides is 1. The third kappa shape index (κ3) is 10.1. The molecule has 350 valence electrons. The minimum Gasteiger partial charge on any atom is -0.496 e. The number of aromatic nitrogens is 1. The van der Waals surface area contributed by atoms with E-state index in [9.17, 15) is 33.2 Å². The highest BCUT2D eigenvalue weighted by molar-refractivity contribution is 6.24. The smallest absolute Gasteiger partial charge is 0.262 e. The number of pyridine rings is 1. The molecule has 8 rings (SSSR count). The Morgan fingerprint density at radius 1 is 1.02 bits per heavy atom. The maximum absolute atomic E-state index is 14.5. The Morgan fingerprint density at radius 2 is 1.83 bits per heavy atom. The number of hydrogen-bond donors (Lipinski definition) is 3. The zero-order valence-corrected chi connectivity index (χ0v) is 37.4. The van der Waals surface area contributed by atoms with Gasteiger partial charge < -0.3 is 30.0 Å². The van der Waals surface area contributed by atoms with Crippen molar-refractivity contribution in [2.45, 2.75) is 95.5 Å². The Bertz CT molecular complexity index is 2450. The van der Waals surface area contributed by atoms with Crippen molar-refractivity contribution in [3.8, 4) is 23.5 Å². The van der Waals surface area contributed by atoms with Crippen molar-refractivity contribution in [2.75, 3.05) is 53.2 Å². The van der Waals surface area contributed by atoms with E-state index in [1.165, 1.54) is 7.11 Å². The molecule has 1 aliphatic carbocycles. The largest absolute Gasteiger partial charge is 0.496 e. The van der Waals surface area contributed by atoms with Crippen LogP contribution >= 0.6 is 0 Å². The molecule has 4 fully saturated rings. The molecular weight excluding hydrogens is 852 g/mol. The van der Waals surface area contributed by atoms with Gasteiger partial charge in [-0.15, -0.1) is 0 Å². The third-order valence-electron chi connectivity index (χ3n) is 13.6. The number of methoxy groups -OCH3 is 1. The number of nitrogens with two attached hydrogens (primary N) is 1. The van der Waals surface area contributed by atoms with Crippen molar-refractivity contribution >= 4 is 46.2 Å². The molecule has 1 saturated carbocycles. The number of halogens is 1. The standard InChI is InChI=1S/C49H57FN6O10/c1-3-33-38(53-46(60)43(33)50)27-66-47-36-22-40(63-2)37(44(51)58)21-35(36)31(23-52-47)15-14-28-10-12-29(13-11-28)24-55-18-20-65-32(25-55)26-64-19-5-4-7-30-8-6-9-34-42(30)49(62)56(48(34)61)39-16-17-41(57)54-45(39)59/h6,8-9,21-23,28-29,32-33,38-39,43H,3-5,7,10-13,16-20,24-27H2,1-2H3,(H2,51,58)(H,53,60)(H,54,57,59)/t28?,29?,32-,33+,38-,39?,43+/m1/s1. The van der Waals surface area contributed by atoms with E-state index in [0.717, 1.165) is 68.6 Å². The van der Waals surface area contributed by atoms with Gasteiger partial charge >= 0.3 is 0 Å². The summed E-state index contributed by atoms with van der Waals surface area (Å²) in [6.45, 7) is 6.14. The molecule has 17 heteroatoms. The summed E-state index contributed by atoms with van der Waals surface area (Å²) in [6.07, 6.45) is 6.73. The predicted molar refractivity (Wildman–Crippen MR) is 238 cm³/mol. The summed E-state index contributed by atoms with van der Waals surface area (Å²) >= 11 is 0. The molecule has 3 aromatic rings.